The van der Waals surface area contributed by atoms with E-state index in [0.29, 0.717) is 24.0 Å². The fraction of sp³-hybridized carbons (Fsp3) is 1.00. The summed E-state index contributed by atoms with van der Waals surface area (Å²) in [4.78, 5) is 2.27. The molecule has 0 aromatic heterocycles. The first-order valence-corrected chi connectivity index (χ1v) is 7.97. The highest BCUT2D eigenvalue weighted by Crippen LogP contribution is 2.15. The van der Waals surface area contributed by atoms with Gasteiger partial charge in [0.15, 0.2) is 9.84 Å². The average Bonchev–Trinajstić information content (AvgIpc) is 2.64. The highest BCUT2D eigenvalue weighted by atomic mass is 32.2. The minimum atomic E-state index is -2.81. The van der Waals surface area contributed by atoms with Crippen LogP contribution in [0.5, 0.6) is 0 Å². The van der Waals surface area contributed by atoms with E-state index >= 15 is 0 Å². The number of nitrogens with zero attached hydrogens (tertiary/aromatic N) is 1. The monoisotopic (exact) mass is 248 g/mol. The first kappa shape index (κ1) is 13.9. The van der Waals surface area contributed by atoms with Crippen molar-refractivity contribution in [2.75, 3.05) is 44.7 Å². The normalized spacial score (nSPS) is 22.8. The van der Waals surface area contributed by atoms with Crippen LogP contribution in [0, 0.1) is 5.92 Å². The highest BCUT2D eigenvalue weighted by molar-refractivity contribution is 7.91. The third-order valence-corrected chi connectivity index (χ3v) is 4.93. The predicted molar refractivity (Wildman–Crippen MR) is 67.4 cm³/mol. The molecule has 0 aliphatic carbocycles. The summed E-state index contributed by atoms with van der Waals surface area (Å²) < 4.78 is 23.1. The Morgan fingerprint density at radius 1 is 1.38 bits per heavy atom. The Morgan fingerprint density at radius 2 is 2.12 bits per heavy atom. The lowest BCUT2D eigenvalue weighted by Crippen LogP contribution is -2.29. The molecule has 0 amide bonds. The zero-order valence-electron chi connectivity index (χ0n) is 10.4. The van der Waals surface area contributed by atoms with Gasteiger partial charge >= 0.3 is 0 Å². The van der Waals surface area contributed by atoms with Gasteiger partial charge in [-0.2, -0.15) is 0 Å². The number of sulfone groups is 1. The third-order valence-electron chi connectivity index (χ3n) is 3.10. The van der Waals surface area contributed by atoms with E-state index in [2.05, 4.69) is 10.2 Å². The van der Waals surface area contributed by atoms with Crippen molar-refractivity contribution in [3.8, 4) is 0 Å². The van der Waals surface area contributed by atoms with E-state index in [-0.39, 0.29) is 0 Å². The molecule has 0 saturated carbocycles. The molecule has 16 heavy (non-hydrogen) atoms. The Morgan fingerprint density at radius 3 is 2.75 bits per heavy atom. The van der Waals surface area contributed by atoms with Gasteiger partial charge in [0.1, 0.15) is 0 Å². The summed E-state index contributed by atoms with van der Waals surface area (Å²) in [5.74, 6) is 1.35. The summed E-state index contributed by atoms with van der Waals surface area (Å²) in [7, 11) is -0.840. The zero-order chi connectivity index (χ0) is 12.0. The summed E-state index contributed by atoms with van der Waals surface area (Å²) in [5, 5.41) is 3.18. The molecule has 0 bridgehead atoms. The van der Waals surface area contributed by atoms with Crippen LogP contribution in [-0.4, -0.2) is 58.1 Å². The minimum absolute atomic E-state index is 0.327. The highest BCUT2D eigenvalue weighted by Gasteiger charge is 2.22. The first-order chi connectivity index (χ1) is 7.57. The standard InChI is InChI=1S/C11H24N2O2S/c1-3-7-16(14,15)8-6-13-5-4-11(10-13)9-12-2/h11-12H,3-10H2,1-2H3. The number of hydrogen-bond acceptors (Lipinski definition) is 4. The fourth-order valence-corrected chi connectivity index (χ4v) is 3.62. The number of rotatable bonds is 7. The Hall–Kier alpha value is -0.130. The summed E-state index contributed by atoms with van der Waals surface area (Å²) in [6.07, 6.45) is 1.92. The van der Waals surface area contributed by atoms with Crippen molar-refractivity contribution < 1.29 is 8.42 Å². The molecule has 1 aliphatic rings. The van der Waals surface area contributed by atoms with E-state index < -0.39 is 9.84 Å². The van der Waals surface area contributed by atoms with Gasteiger partial charge in [0.05, 0.1) is 5.75 Å². The van der Waals surface area contributed by atoms with E-state index in [9.17, 15) is 8.42 Å². The van der Waals surface area contributed by atoms with Crippen LogP contribution >= 0.6 is 0 Å². The van der Waals surface area contributed by atoms with Gasteiger partial charge in [-0.15, -0.1) is 0 Å². The Bertz CT molecular complexity index is 290. The topological polar surface area (TPSA) is 49.4 Å². The minimum Gasteiger partial charge on any atom is -0.319 e. The molecular weight excluding hydrogens is 224 g/mol. The SMILES string of the molecule is CCCS(=O)(=O)CCN1CCC(CNC)C1. The fourth-order valence-electron chi connectivity index (χ4n) is 2.25. The maximum absolute atomic E-state index is 11.6. The van der Waals surface area contributed by atoms with Crippen LogP contribution in [0.4, 0.5) is 0 Å². The molecule has 96 valence electrons. The molecule has 0 radical (unpaired) electrons. The average molecular weight is 248 g/mol. The van der Waals surface area contributed by atoms with Crippen molar-refractivity contribution in [2.24, 2.45) is 5.92 Å². The molecule has 0 spiro atoms. The lowest BCUT2D eigenvalue weighted by molar-refractivity contribution is 0.341. The van der Waals surface area contributed by atoms with Gasteiger partial charge in [0.2, 0.25) is 0 Å². The maximum Gasteiger partial charge on any atom is 0.151 e. The Balaban J connectivity index is 2.25. The van der Waals surface area contributed by atoms with Gasteiger partial charge < -0.3 is 10.2 Å². The number of likely N-dealkylation sites (tertiary alicyclic amines) is 1. The molecule has 1 N–H and O–H groups in total. The predicted octanol–water partition coefficient (Wildman–Crippen LogP) is 0.353. The van der Waals surface area contributed by atoms with Gasteiger partial charge in [0.25, 0.3) is 0 Å². The first-order valence-electron chi connectivity index (χ1n) is 6.14. The molecule has 1 heterocycles. The van der Waals surface area contributed by atoms with E-state index in [1.165, 1.54) is 6.42 Å². The second-order valence-corrected chi connectivity index (χ2v) is 6.97. The van der Waals surface area contributed by atoms with Crippen molar-refractivity contribution >= 4 is 9.84 Å². The quantitative estimate of drug-likeness (QED) is 0.706. The van der Waals surface area contributed by atoms with Crippen molar-refractivity contribution in [1.29, 1.82) is 0 Å². The molecule has 0 aromatic rings. The second-order valence-electron chi connectivity index (χ2n) is 4.66. The van der Waals surface area contributed by atoms with Crippen LogP contribution in [0.1, 0.15) is 19.8 Å². The van der Waals surface area contributed by atoms with Crippen LogP contribution in [0.15, 0.2) is 0 Å². The van der Waals surface area contributed by atoms with Crippen LogP contribution in [0.3, 0.4) is 0 Å². The number of hydrogen-bond donors (Lipinski definition) is 1. The summed E-state index contributed by atoms with van der Waals surface area (Å²) in [6, 6.07) is 0. The smallest absolute Gasteiger partial charge is 0.151 e. The van der Waals surface area contributed by atoms with Crippen LogP contribution in [0.25, 0.3) is 0 Å². The molecule has 5 heteroatoms. The molecule has 1 rings (SSSR count). The summed E-state index contributed by atoms with van der Waals surface area (Å²) in [6.45, 7) is 5.76. The van der Waals surface area contributed by atoms with E-state index in [1.54, 1.807) is 0 Å². The second kappa shape index (κ2) is 6.57. The lowest BCUT2D eigenvalue weighted by atomic mass is 10.1. The van der Waals surface area contributed by atoms with Gasteiger partial charge in [-0.3, -0.25) is 0 Å². The molecule has 1 unspecified atom stereocenters. The van der Waals surface area contributed by atoms with Crippen molar-refractivity contribution in [1.82, 2.24) is 10.2 Å². The summed E-state index contributed by atoms with van der Waals surface area (Å²) in [5.41, 5.74) is 0. The Labute approximate surface area is 99.3 Å². The van der Waals surface area contributed by atoms with Gasteiger partial charge in [0, 0.05) is 18.8 Å². The molecule has 1 fully saturated rings. The van der Waals surface area contributed by atoms with E-state index in [1.807, 2.05) is 14.0 Å². The summed E-state index contributed by atoms with van der Waals surface area (Å²) >= 11 is 0. The maximum atomic E-state index is 11.6. The van der Waals surface area contributed by atoms with Crippen molar-refractivity contribution in [3.63, 3.8) is 0 Å². The Kier molecular flexibility index (Phi) is 5.72. The van der Waals surface area contributed by atoms with E-state index in [0.717, 1.165) is 26.1 Å². The number of nitrogens with one attached hydrogen (secondary N) is 1. The molecule has 1 saturated heterocycles. The van der Waals surface area contributed by atoms with Gasteiger partial charge in [-0.05, 0) is 38.9 Å². The molecule has 1 aliphatic heterocycles. The van der Waals surface area contributed by atoms with Gasteiger partial charge in [-0.1, -0.05) is 6.92 Å². The molecule has 0 aromatic carbocycles. The van der Waals surface area contributed by atoms with E-state index in [4.69, 9.17) is 0 Å². The third kappa shape index (κ3) is 4.80. The molecule has 4 nitrogen and oxygen atoms in total. The van der Waals surface area contributed by atoms with Crippen LogP contribution in [0.2, 0.25) is 0 Å². The van der Waals surface area contributed by atoms with Crippen LogP contribution < -0.4 is 5.32 Å². The largest absolute Gasteiger partial charge is 0.319 e. The molecular formula is C11H24N2O2S. The van der Waals surface area contributed by atoms with Gasteiger partial charge in [-0.25, -0.2) is 8.42 Å². The molecule has 1 atom stereocenters. The van der Waals surface area contributed by atoms with Crippen LogP contribution in [-0.2, 0) is 9.84 Å². The lowest BCUT2D eigenvalue weighted by Gasteiger charge is -2.15. The van der Waals surface area contributed by atoms with Crippen molar-refractivity contribution in [3.05, 3.63) is 0 Å². The zero-order valence-corrected chi connectivity index (χ0v) is 11.2. The van der Waals surface area contributed by atoms with Crippen molar-refractivity contribution in [2.45, 2.75) is 19.8 Å².